The van der Waals surface area contributed by atoms with Crippen LogP contribution in [-0.4, -0.2) is 54.7 Å². The van der Waals surface area contributed by atoms with Gasteiger partial charge in [-0.1, -0.05) is 12.1 Å². The van der Waals surface area contributed by atoms with Crippen molar-refractivity contribution in [1.29, 1.82) is 0 Å². The predicted octanol–water partition coefficient (Wildman–Crippen LogP) is 1.32. The van der Waals surface area contributed by atoms with Crippen LogP contribution in [0.2, 0.25) is 0 Å². The van der Waals surface area contributed by atoms with E-state index in [0.29, 0.717) is 19.6 Å². The first-order chi connectivity index (χ1) is 10.1. The van der Waals surface area contributed by atoms with E-state index in [2.05, 4.69) is 11.0 Å². The number of amides is 2. The zero-order valence-electron chi connectivity index (χ0n) is 11.8. The molecule has 4 rings (SSSR count). The van der Waals surface area contributed by atoms with Crippen LogP contribution >= 0.6 is 0 Å². The SMILES string of the molecule is CN1C(=O)CN2c3c(cccc31)C1CN(C(=O)O)CCC12. The summed E-state index contributed by atoms with van der Waals surface area (Å²) in [7, 11) is 1.81. The minimum atomic E-state index is -0.854. The lowest BCUT2D eigenvalue weighted by Gasteiger charge is -2.40. The van der Waals surface area contributed by atoms with E-state index in [1.807, 2.05) is 12.1 Å². The van der Waals surface area contributed by atoms with Crippen LogP contribution < -0.4 is 9.80 Å². The number of rotatable bonds is 0. The molecule has 3 aliphatic heterocycles. The average molecular weight is 287 g/mol. The van der Waals surface area contributed by atoms with E-state index < -0.39 is 6.09 Å². The quantitative estimate of drug-likeness (QED) is 0.781. The number of carbonyl (C=O) groups is 2. The number of hydrogen-bond donors (Lipinski definition) is 1. The Kier molecular flexibility index (Phi) is 2.46. The Hall–Kier alpha value is -2.24. The minimum Gasteiger partial charge on any atom is -0.465 e. The van der Waals surface area contributed by atoms with Gasteiger partial charge in [-0.2, -0.15) is 0 Å². The number of nitrogens with zero attached hydrogens (tertiary/aromatic N) is 3. The molecule has 2 atom stereocenters. The van der Waals surface area contributed by atoms with Gasteiger partial charge in [0.05, 0.1) is 17.9 Å². The van der Waals surface area contributed by atoms with Crippen LogP contribution in [0.25, 0.3) is 0 Å². The van der Waals surface area contributed by atoms with Crippen LogP contribution in [0.3, 0.4) is 0 Å². The molecule has 21 heavy (non-hydrogen) atoms. The number of anilines is 2. The molecule has 6 heteroatoms. The Bertz CT molecular complexity index is 645. The van der Waals surface area contributed by atoms with E-state index in [1.165, 1.54) is 10.5 Å². The second kappa shape index (κ2) is 4.13. The molecule has 0 aliphatic carbocycles. The topological polar surface area (TPSA) is 64.1 Å². The van der Waals surface area contributed by atoms with Crippen molar-refractivity contribution in [1.82, 2.24) is 4.90 Å². The highest BCUT2D eigenvalue weighted by atomic mass is 16.4. The highest BCUT2D eigenvalue weighted by molar-refractivity contribution is 6.04. The van der Waals surface area contributed by atoms with Crippen molar-refractivity contribution in [3.63, 3.8) is 0 Å². The van der Waals surface area contributed by atoms with Crippen molar-refractivity contribution < 1.29 is 14.7 Å². The van der Waals surface area contributed by atoms with Crippen molar-refractivity contribution in [3.8, 4) is 0 Å². The van der Waals surface area contributed by atoms with Crippen LogP contribution in [0, 0.1) is 0 Å². The number of carboxylic acid groups (broad SMARTS) is 1. The second-order valence-electron chi connectivity index (χ2n) is 5.99. The molecule has 1 aromatic carbocycles. The Morgan fingerprint density at radius 3 is 2.95 bits per heavy atom. The van der Waals surface area contributed by atoms with Gasteiger partial charge in [-0.3, -0.25) is 4.79 Å². The van der Waals surface area contributed by atoms with Gasteiger partial charge in [0, 0.05) is 32.1 Å². The van der Waals surface area contributed by atoms with Crippen molar-refractivity contribution in [2.45, 2.75) is 18.4 Å². The summed E-state index contributed by atoms with van der Waals surface area (Å²) < 4.78 is 0. The van der Waals surface area contributed by atoms with Crippen LogP contribution in [0.15, 0.2) is 18.2 Å². The Balaban J connectivity index is 1.80. The molecule has 6 nitrogen and oxygen atoms in total. The van der Waals surface area contributed by atoms with Gasteiger partial charge < -0.3 is 19.8 Å². The van der Waals surface area contributed by atoms with Gasteiger partial charge >= 0.3 is 6.09 Å². The first-order valence-corrected chi connectivity index (χ1v) is 7.22. The number of para-hydroxylation sites is 1. The van der Waals surface area contributed by atoms with E-state index >= 15 is 0 Å². The summed E-state index contributed by atoms with van der Waals surface area (Å²) in [6.07, 6.45) is -0.0742. The third-order valence-corrected chi connectivity index (χ3v) is 5.02. The van der Waals surface area contributed by atoms with Gasteiger partial charge in [0.1, 0.15) is 0 Å². The second-order valence-corrected chi connectivity index (χ2v) is 5.99. The molecule has 1 N–H and O–H groups in total. The molecule has 110 valence electrons. The lowest BCUT2D eigenvalue weighted by molar-refractivity contribution is -0.117. The molecule has 0 saturated carbocycles. The third-order valence-electron chi connectivity index (χ3n) is 5.02. The zero-order chi connectivity index (χ0) is 14.7. The van der Waals surface area contributed by atoms with Gasteiger partial charge in [-0.25, -0.2) is 4.79 Å². The summed E-state index contributed by atoms with van der Waals surface area (Å²) in [6.45, 7) is 1.46. The van der Waals surface area contributed by atoms with Gasteiger partial charge in [0.2, 0.25) is 5.91 Å². The summed E-state index contributed by atoms with van der Waals surface area (Å²) in [5.41, 5.74) is 3.25. The van der Waals surface area contributed by atoms with Crippen molar-refractivity contribution in [3.05, 3.63) is 23.8 Å². The highest BCUT2D eigenvalue weighted by Crippen LogP contribution is 2.50. The number of benzene rings is 1. The van der Waals surface area contributed by atoms with E-state index in [9.17, 15) is 14.7 Å². The summed E-state index contributed by atoms with van der Waals surface area (Å²) in [5.74, 6) is 0.269. The van der Waals surface area contributed by atoms with E-state index in [0.717, 1.165) is 17.8 Å². The number of piperidine rings is 1. The number of carbonyl (C=O) groups excluding carboxylic acids is 1. The van der Waals surface area contributed by atoms with Gasteiger partial charge in [0.15, 0.2) is 0 Å². The highest BCUT2D eigenvalue weighted by Gasteiger charge is 2.46. The molecule has 0 radical (unpaired) electrons. The molecule has 3 heterocycles. The molecule has 1 saturated heterocycles. The Morgan fingerprint density at radius 2 is 2.19 bits per heavy atom. The van der Waals surface area contributed by atoms with E-state index in [1.54, 1.807) is 11.9 Å². The molecule has 0 bridgehead atoms. The maximum Gasteiger partial charge on any atom is 0.407 e. The fraction of sp³-hybridized carbons (Fsp3) is 0.467. The van der Waals surface area contributed by atoms with Gasteiger partial charge in [-0.15, -0.1) is 0 Å². The van der Waals surface area contributed by atoms with Crippen molar-refractivity contribution >= 4 is 23.4 Å². The first kappa shape index (κ1) is 12.5. The number of likely N-dealkylation sites (N-methyl/N-ethyl adjacent to an activating group) is 1. The largest absolute Gasteiger partial charge is 0.465 e. The Morgan fingerprint density at radius 1 is 1.38 bits per heavy atom. The summed E-state index contributed by atoms with van der Waals surface area (Å²) >= 11 is 0. The number of likely N-dealkylation sites (tertiary alicyclic amines) is 1. The molecule has 0 spiro atoms. The van der Waals surface area contributed by atoms with Gasteiger partial charge in [0.25, 0.3) is 0 Å². The van der Waals surface area contributed by atoms with Crippen LogP contribution in [0.1, 0.15) is 17.9 Å². The third kappa shape index (κ3) is 1.58. The lowest BCUT2D eigenvalue weighted by Crippen LogP contribution is -2.51. The molecular formula is C15H17N3O3. The molecule has 1 fully saturated rings. The molecule has 2 amide bonds. The minimum absolute atomic E-state index is 0.0981. The summed E-state index contributed by atoms with van der Waals surface area (Å²) in [5, 5.41) is 9.23. The van der Waals surface area contributed by atoms with Crippen LogP contribution in [-0.2, 0) is 4.79 Å². The monoisotopic (exact) mass is 287 g/mol. The van der Waals surface area contributed by atoms with Crippen molar-refractivity contribution in [2.24, 2.45) is 0 Å². The standard InChI is InChI=1S/C15H17N3O3/c1-16-12-4-2-3-9-10-7-17(15(20)21)6-5-11(10)18(14(9)12)8-13(16)19/h2-4,10-11H,5-8H2,1H3,(H,20,21). The predicted molar refractivity (Wildman–Crippen MR) is 77.9 cm³/mol. The summed E-state index contributed by atoms with van der Waals surface area (Å²) in [4.78, 5) is 28.8. The van der Waals surface area contributed by atoms with E-state index in [-0.39, 0.29) is 17.9 Å². The number of fused-ring (bicyclic) bond motifs is 3. The van der Waals surface area contributed by atoms with Crippen LogP contribution in [0.5, 0.6) is 0 Å². The number of hydrogen-bond acceptors (Lipinski definition) is 3. The fourth-order valence-corrected chi connectivity index (χ4v) is 3.97. The maximum absolute atomic E-state index is 12.2. The summed E-state index contributed by atoms with van der Waals surface area (Å²) in [6, 6.07) is 6.25. The molecule has 3 aliphatic rings. The fourth-order valence-electron chi connectivity index (χ4n) is 3.97. The first-order valence-electron chi connectivity index (χ1n) is 7.22. The molecule has 2 unspecified atom stereocenters. The molecular weight excluding hydrogens is 270 g/mol. The molecule has 1 aromatic rings. The zero-order valence-corrected chi connectivity index (χ0v) is 11.8. The Labute approximate surface area is 122 Å². The van der Waals surface area contributed by atoms with Gasteiger partial charge in [-0.05, 0) is 18.1 Å². The lowest BCUT2D eigenvalue weighted by atomic mass is 9.89. The van der Waals surface area contributed by atoms with E-state index in [4.69, 9.17) is 0 Å². The molecule has 0 aromatic heterocycles. The maximum atomic E-state index is 12.2. The van der Waals surface area contributed by atoms with Crippen molar-refractivity contribution in [2.75, 3.05) is 36.5 Å². The average Bonchev–Trinajstić information content (AvgIpc) is 2.79. The normalized spacial score (nSPS) is 26.7. The smallest absolute Gasteiger partial charge is 0.407 e. The van der Waals surface area contributed by atoms with Crippen LogP contribution in [0.4, 0.5) is 16.2 Å².